The highest BCUT2D eigenvalue weighted by Gasteiger charge is 2.36. The maximum atomic E-state index is 12.8. The van der Waals surface area contributed by atoms with Crippen molar-refractivity contribution in [1.82, 2.24) is 0 Å². The molecular weight excluding hydrogens is 308 g/mol. The summed E-state index contributed by atoms with van der Waals surface area (Å²) in [6.45, 7) is 0. The monoisotopic (exact) mass is 320 g/mol. The summed E-state index contributed by atoms with van der Waals surface area (Å²) in [7, 11) is 1.42. The number of phenols is 2. The van der Waals surface area contributed by atoms with E-state index in [0.29, 0.717) is 5.75 Å². The van der Waals surface area contributed by atoms with Crippen LogP contribution in [0.15, 0.2) is 42.5 Å². The average molecular weight is 320 g/mol. The van der Waals surface area contributed by atoms with Gasteiger partial charge in [-0.1, -0.05) is 36.4 Å². The summed E-state index contributed by atoms with van der Waals surface area (Å²) >= 11 is 0. The first-order valence-electron chi connectivity index (χ1n) is 7.29. The normalized spacial score (nSPS) is 12.9. The highest BCUT2D eigenvalue weighted by molar-refractivity contribution is 6.32. The molecule has 0 aromatic heterocycles. The Kier molecular flexibility index (Phi) is 2.87. The lowest BCUT2D eigenvalue weighted by atomic mass is 9.81. The van der Waals surface area contributed by atoms with Gasteiger partial charge in [0.25, 0.3) is 0 Å². The molecule has 1 aliphatic carbocycles. The first-order valence-corrected chi connectivity index (χ1v) is 7.29. The van der Waals surface area contributed by atoms with Crippen LogP contribution in [-0.2, 0) is 0 Å². The van der Waals surface area contributed by atoms with E-state index in [1.165, 1.54) is 19.2 Å². The summed E-state index contributed by atoms with van der Waals surface area (Å²) in [5, 5.41) is 21.8. The van der Waals surface area contributed by atoms with Gasteiger partial charge >= 0.3 is 0 Å². The quantitative estimate of drug-likeness (QED) is 0.527. The number of fused-ring (bicyclic) bond motifs is 3. The smallest absolute Gasteiger partial charge is 0.198 e. The van der Waals surface area contributed by atoms with Crippen molar-refractivity contribution >= 4 is 22.3 Å². The highest BCUT2D eigenvalue weighted by Crippen LogP contribution is 2.47. The maximum Gasteiger partial charge on any atom is 0.198 e. The average Bonchev–Trinajstić information content (AvgIpc) is 2.62. The molecule has 0 radical (unpaired) electrons. The zero-order valence-corrected chi connectivity index (χ0v) is 12.7. The van der Waals surface area contributed by atoms with E-state index in [0.717, 1.165) is 0 Å². The Hall–Kier alpha value is -3.34. The largest absolute Gasteiger partial charge is 0.506 e. The fraction of sp³-hybridized carbons (Fsp3) is 0.0526. The van der Waals surface area contributed by atoms with Crippen LogP contribution in [0.4, 0.5) is 0 Å². The van der Waals surface area contributed by atoms with Crippen molar-refractivity contribution < 1.29 is 24.5 Å². The summed E-state index contributed by atoms with van der Waals surface area (Å²) in [6.07, 6.45) is 0. The van der Waals surface area contributed by atoms with Crippen LogP contribution in [0.25, 0.3) is 10.8 Å². The van der Waals surface area contributed by atoms with E-state index in [-0.39, 0.29) is 44.5 Å². The van der Waals surface area contributed by atoms with Crippen LogP contribution in [0.3, 0.4) is 0 Å². The summed E-state index contributed by atoms with van der Waals surface area (Å²) in [5.41, 5.74) is 0.0658. The summed E-state index contributed by atoms with van der Waals surface area (Å²) in [4.78, 5) is 25.6. The third kappa shape index (κ3) is 1.64. The fourth-order valence-electron chi connectivity index (χ4n) is 3.23. The molecule has 0 fully saturated rings. The van der Waals surface area contributed by atoms with Crippen molar-refractivity contribution in [2.75, 3.05) is 7.11 Å². The SMILES string of the molecule is COc1cccc2c(O)c3c(c(O)c12)C(=O)c1ccccc1C3=O. The third-order valence-corrected chi connectivity index (χ3v) is 4.33. The molecule has 1 aliphatic rings. The molecule has 0 unspecified atom stereocenters. The van der Waals surface area contributed by atoms with Gasteiger partial charge in [-0.25, -0.2) is 0 Å². The molecular formula is C19H12O5. The molecule has 0 amide bonds. The number of aromatic hydroxyl groups is 2. The molecule has 2 N–H and O–H groups in total. The second-order valence-corrected chi connectivity index (χ2v) is 5.53. The Morgan fingerprint density at radius 2 is 1.38 bits per heavy atom. The predicted molar refractivity (Wildman–Crippen MR) is 87.1 cm³/mol. The van der Waals surface area contributed by atoms with E-state index in [1.54, 1.807) is 30.3 Å². The minimum absolute atomic E-state index is 0.169. The first-order chi connectivity index (χ1) is 11.6. The number of methoxy groups -OCH3 is 1. The summed E-state index contributed by atoms with van der Waals surface area (Å²) in [5.74, 6) is -1.37. The maximum absolute atomic E-state index is 12.8. The molecule has 0 bridgehead atoms. The molecule has 0 heterocycles. The first kappa shape index (κ1) is 14.3. The molecule has 3 aromatic carbocycles. The van der Waals surface area contributed by atoms with Gasteiger partial charge in [-0.3, -0.25) is 9.59 Å². The minimum atomic E-state index is -0.499. The van der Waals surface area contributed by atoms with Crippen LogP contribution in [0.5, 0.6) is 17.2 Å². The zero-order chi connectivity index (χ0) is 17.0. The van der Waals surface area contributed by atoms with Gasteiger partial charge in [-0.15, -0.1) is 0 Å². The zero-order valence-electron chi connectivity index (χ0n) is 12.7. The van der Waals surface area contributed by atoms with Crippen LogP contribution < -0.4 is 4.74 Å². The van der Waals surface area contributed by atoms with Gasteiger partial charge in [0, 0.05) is 16.5 Å². The van der Waals surface area contributed by atoms with Crippen molar-refractivity contribution in [2.45, 2.75) is 0 Å². The molecule has 0 atom stereocenters. The number of carbonyl (C=O) groups is 2. The summed E-state index contributed by atoms with van der Waals surface area (Å²) < 4.78 is 5.22. The molecule has 118 valence electrons. The van der Waals surface area contributed by atoms with Crippen molar-refractivity contribution in [3.05, 3.63) is 64.7 Å². The van der Waals surface area contributed by atoms with Crippen molar-refractivity contribution in [1.29, 1.82) is 0 Å². The van der Waals surface area contributed by atoms with Crippen LogP contribution >= 0.6 is 0 Å². The fourth-order valence-corrected chi connectivity index (χ4v) is 3.23. The van der Waals surface area contributed by atoms with E-state index >= 15 is 0 Å². The lowest BCUT2D eigenvalue weighted by Crippen LogP contribution is -2.21. The molecule has 4 rings (SSSR count). The minimum Gasteiger partial charge on any atom is -0.506 e. The molecule has 0 saturated carbocycles. The van der Waals surface area contributed by atoms with Gasteiger partial charge in [-0.05, 0) is 6.07 Å². The van der Waals surface area contributed by atoms with Crippen LogP contribution in [0.2, 0.25) is 0 Å². The molecule has 24 heavy (non-hydrogen) atoms. The standard InChI is InChI=1S/C19H12O5/c1-24-12-8-4-7-11-13(12)19(23)15-14(18(11)22)16(20)9-5-2-3-6-10(9)17(15)21/h2-8,22-23H,1H3. The number of hydrogen-bond donors (Lipinski definition) is 2. The Balaban J connectivity index is 2.19. The topological polar surface area (TPSA) is 83.8 Å². The number of carbonyl (C=O) groups excluding carboxylic acids is 2. The molecule has 0 aliphatic heterocycles. The van der Waals surface area contributed by atoms with Gasteiger partial charge in [0.15, 0.2) is 11.6 Å². The lowest BCUT2D eigenvalue weighted by molar-refractivity contribution is 0.0974. The third-order valence-electron chi connectivity index (χ3n) is 4.33. The molecule has 0 saturated heterocycles. The van der Waals surface area contributed by atoms with E-state index in [1.807, 2.05) is 0 Å². The van der Waals surface area contributed by atoms with E-state index in [2.05, 4.69) is 0 Å². The van der Waals surface area contributed by atoms with E-state index < -0.39 is 11.6 Å². The predicted octanol–water partition coefficient (Wildman–Crippen LogP) is 3.04. The van der Waals surface area contributed by atoms with Crippen molar-refractivity contribution in [3.8, 4) is 17.2 Å². The second-order valence-electron chi connectivity index (χ2n) is 5.53. The number of rotatable bonds is 1. The van der Waals surface area contributed by atoms with Crippen LogP contribution in [-0.4, -0.2) is 28.9 Å². The second kappa shape index (κ2) is 4.83. The molecule has 5 nitrogen and oxygen atoms in total. The van der Waals surface area contributed by atoms with Gasteiger partial charge in [-0.2, -0.15) is 0 Å². The number of hydrogen-bond acceptors (Lipinski definition) is 5. The number of ketones is 2. The van der Waals surface area contributed by atoms with Gasteiger partial charge < -0.3 is 14.9 Å². The van der Waals surface area contributed by atoms with E-state index in [4.69, 9.17) is 4.74 Å². The number of benzene rings is 3. The van der Waals surface area contributed by atoms with Crippen LogP contribution in [0, 0.1) is 0 Å². The number of phenolic OH excluding ortho intramolecular Hbond substituents is 2. The van der Waals surface area contributed by atoms with Gasteiger partial charge in [0.05, 0.1) is 23.6 Å². The van der Waals surface area contributed by atoms with Crippen LogP contribution in [0.1, 0.15) is 31.8 Å². The highest BCUT2D eigenvalue weighted by atomic mass is 16.5. The van der Waals surface area contributed by atoms with Crippen molar-refractivity contribution in [2.24, 2.45) is 0 Å². The van der Waals surface area contributed by atoms with Crippen molar-refractivity contribution in [3.63, 3.8) is 0 Å². The molecule has 5 heteroatoms. The molecule has 0 spiro atoms. The van der Waals surface area contributed by atoms with Gasteiger partial charge in [0.1, 0.15) is 17.2 Å². The van der Waals surface area contributed by atoms with Gasteiger partial charge in [0.2, 0.25) is 0 Å². The number of ether oxygens (including phenoxy) is 1. The summed E-state index contributed by atoms with van der Waals surface area (Å²) in [6, 6.07) is 11.2. The Bertz CT molecular complexity index is 1050. The molecule has 3 aromatic rings. The Labute approximate surface area is 136 Å². The lowest BCUT2D eigenvalue weighted by Gasteiger charge is -2.21. The Morgan fingerprint density at radius 1 is 0.792 bits per heavy atom. The Morgan fingerprint density at radius 3 is 1.96 bits per heavy atom. The van der Waals surface area contributed by atoms with E-state index in [9.17, 15) is 19.8 Å².